The lowest BCUT2D eigenvalue weighted by atomic mass is 9.77. The highest BCUT2D eigenvalue weighted by Crippen LogP contribution is 2.37. The maximum atomic E-state index is 12.1. The second-order valence-electron chi connectivity index (χ2n) is 8.25. The highest BCUT2D eigenvalue weighted by atomic mass is 16.5. The van der Waals surface area contributed by atoms with E-state index < -0.39 is 0 Å². The largest absolute Gasteiger partial charge is 0.461 e. The molecule has 1 aliphatic carbocycles. The molecule has 152 valence electrons. The minimum Gasteiger partial charge on any atom is -0.461 e. The van der Waals surface area contributed by atoms with Crippen LogP contribution in [0.4, 0.5) is 0 Å². The fourth-order valence-corrected chi connectivity index (χ4v) is 4.24. The summed E-state index contributed by atoms with van der Waals surface area (Å²) in [4.78, 5) is 12.1. The average molecular weight is 390 g/mol. The van der Waals surface area contributed by atoms with Crippen molar-refractivity contribution in [2.45, 2.75) is 70.8 Å². The van der Waals surface area contributed by atoms with E-state index in [-0.39, 0.29) is 12.6 Å². The lowest BCUT2D eigenvalue weighted by Gasteiger charge is -2.29. The standard InChI is InChI=1S/C26H31NO2/c1-2-3-4-20-9-13-24(14-10-20)25-15-11-21(12-16-25)17-26(28)29-19-23-7-5-22(18-27)6-8-23/h5-8,11-12,15-16,20,24H,2-4,9-10,13-14,17,19H2,1H3. The number of nitriles is 1. The lowest BCUT2D eigenvalue weighted by molar-refractivity contribution is -0.144. The zero-order chi connectivity index (χ0) is 20.5. The highest BCUT2D eigenvalue weighted by Gasteiger charge is 2.22. The molecule has 0 aliphatic heterocycles. The summed E-state index contributed by atoms with van der Waals surface area (Å²) < 4.78 is 5.37. The molecule has 0 atom stereocenters. The molecular weight excluding hydrogens is 358 g/mol. The van der Waals surface area contributed by atoms with Crippen LogP contribution >= 0.6 is 0 Å². The van der Waals surface area contributed by atoms with Gasteiger partial charge in [-0.25, -0.2) is 0 Å². The van der Waals surface area contributed by atoms with Crippen LogP contribution in [0.5, 0.6) is 0 Å². The predicted molar refractivity (Wildman–Crippen MR) is 115 cm³/mol. The monoisotopic (exact) mass is 389 g/mol. The van der Waals surface area contributed by atoms with E-state index >= 15 is 0 Å². The average Bonchev–Trinajstić information content (AvgIpc) is 2.77. The molecule has 2 aromatic carbocycles. The van der Waals surface area contributed by atoms with Crippen molar-refractivity contribution in [3.8, 4) is 6.07 Å². The maximum Gasteiger partial charge on any atom is 0.310 e. The first kappa shape index (κ1) is 21.1. The van der Waals surface area contributed by atoms with Crippen LogP contribution in [0.2, 0.25) is 0 Å². The first-order valence-electron chi connectivity index (χ1n) is 10.9. The molecule has 1 fully saturated rings. The first-order valence-corrected chi connectivity index (χ1v) is 10.9. The van der Waals surface area contributed by atoms with E-state index in [9.17, 15) is 4.79 Å². The molecule has 3 nitrogen and oxygen atoms in total. The van der Waals surface area contributed by atoms with Crippen LogP contribution < -0.4 is 0 Å². The number of rotatable bonds is 8. The van der Waals surface area contributed by atoms with Gasteiger partial charge < -0.3 is 4.74 Å². The van der Waals surface area contributed by atoms with Gasteiger partial charge in [-0.2, -0.15) is 5.26 Å². The summed E-state index contributed by atoms with van der Waals surface area (Å²) in [5, 5.41) is 8.82. The van der Waals surface area contributed by atoms with E-state index in [0.717, 1.165) is 17.0 Å². The molecule has 3 heteroatoms. The van der Waals surface area contributed by atoms with Gasteiger partial charge in [-0.1, -0.05) is 62.6 Å². The minimum atomic E-state index is -0.224. The number of hydrogen-bond acceptors (Lipinski definition) is 3. The normalized spacial score (nSPS) is 18.8. The third-order valence-corrected chi connectivity index (χ3v) is 6.10. The van der Waals surface area contributed by atoms with Crippen LogP contribution in [0, 0.1) is 17.2 Å². The van der Waals surface area contributed by atoms with Gasteiger partial charge in [0.25, 0.3) is 0 Å². The minimum absolute atomic E-state index is 0.224. The number of carbonyl (C=O) groups is 1. The molecule has 0 bridgehead atoms. The third kappa shape index (κ3) is 6.46. The Labute approximate surface area is 174 Å². The molecule has 1 aliphatic rings. The van der Waals surface area contributed by atoms with Crippen LogP contribution in [0.3, 0.4) is 0 Å². The second kappa shape index (κ2) is 10.8. The Kier molecular flexibility index (Phi) is 7.87. The van der Waals surface area contributed by atoms with Gasteiger partial charge in [-0.05, 0) is 66.3 Å². The summed E-state index contributed by atoms with van der Waals surface area (Å²) in [5.41, 5.74) is 3.90. The Balaban J connectivity index is 1.44. The number of carbonyl (C=O) groups excluding carboxylic acids is 1. The summed E-state index contributed by atoms with van der Waals surface area (Å²) in [5.74, 6) is 1.38. The van der Waals surface area contributed by atoms with Crippen molar-refractivity contribution in [1.29, 1.82) is 5.26 Å². The maximum absolute atomic E-state index is 12.1. The van der Waals surface area contributed by atoms with Crippen LogP contribution in [-0.4, -0.2) is 5.97 Å². The second-order valence-corrected chi connectivity index (χ2v) is 8.25. The SMILES string of the molecule is CCCCC1CCC(c2ccc(CC(=O)OCc3ccc(C#N)cc3)cc2)CC1. The topological polar surface area (TPSA) is 50.1 Å². The predicted octanol–water partition coefficient (Wildman–Crippen LogP) is 6.31. The van der Waals surface area contributed by atoms with Gasteiger partial charge in [0.2, 0.25) is 0 Å². The quantitative estimate of drug-likeness (QED) is 0.497. The first-order chi connectivity index (χ1) is 14.2. The van der Waals surface area contributed by atoms with E-state index in [1.54, 1.807) is 12.1 Å². The summed E-state index contributed by atoms with van der Waals surface area (Å²) in [7, 11) is 0. The smallest absolute Gasteiger partial charge is 0.310 e. The van der Waals surface area contributed by atoms with Crippen molar-refractivity contribution in [3.05, 3.63) is 70.8 Å². The van der Waals surface area contributed by atoms with E-state index in [1.807, 2.05) is 12.1 Å². The Morgan fingerprint density at radius 3 is 2.28 bits per heavy atom. The molecule has 0 spiro atoms. The Hall–Kier alpha value is -2.60. The molecule has 0 heterocycles. The lowest BCUT2D eigenvalue weighted by Crippen LogP contribution is -2.13. The fraction of sp³-hybridized carbons (Fsp3) is 0.462. The number of hydrogen-bond donors (Lipinski definition) is 0. The van der Waals surface area contributed by atoms with Gasteiger partial charge in [0, 0.05) is 0 Å². The molecule has 0 amide bonds. The summed E-state index contributed by atoms with van der Waals surface area (Å²) in [6.45, 7) is 2.51. The van der Waals surface area contributed by atoms with Gasteiger partial charge in [0.05, 0.1) is 18.1 Å². The van der Waals surface area contributed by atoms with Crippen LogP contribution in [0.1, 0.15) is 80.0 Å². The van der Waals surface area contributed by atoms with E-state index in [1.165, 1.54) is 50.5 Å². The number of esters is 1. The van der Waals surface area contributed by atoms with Crippen molar-refractivity contribution in [3.63, 3.8) is 0 Å². The molecule has 1 saturated carbocycles. The number of ether oxygens (including phenoxy) is 1. The van der Waals surface area contributed by atoms with E-state index in [2.05, 4.69) is 37.3 Å². The third-order valence-electron chi connectivity index (χ3n) is 6.10. The summed E-state index contributed by atoms with van der Waals surface area (Å²) in [6, 6.07) is 17.7. The van der Waals surface area contributed by atoms with Crippen molar-refractivity contribution >= 4 is 5.97 Å². The fourth-order valence-electron chi connectivity index (χ4n) is 4.24. The molecule has 0 radical (unpaired) electrons. The van der Waals surface area contributed by atoms with Gasteiger partial charge in [-0.15, -0.1) is 0 Å². The van der Waals surface area contributed by atoms with Crippen LogP contribution in [0.15, 0.2) is 48.5 Å². The van der Waals surface area contributed by atoms with Crippen molar-refractivity contribution in [2.24, 2.45) is 5.92 Å². The molecule has 29 heavy (non-hydrogen) atoms. The Bertz CT molecular complexity index is 809. The van der Waals surface area contributed by atoms with Crippen molar-refractivity contribution in [1.82, 2.24) is 0 Å². The molecular formula is C26H31NO2. The van der Waals surface area contributed by atoms with Gasteiger partial charge in [-0.3, -0.25) is 4.79 Å². The van der Waals surface area contributed by atoms with Gasteiger partial charge in [0.1, 0.15) is 6.61 Å². The number of unbranched alkanes of at least 4 members (excludes halogenated alkanes) is 1. The molecule has 2 aromatic rings. The summed E-state index contributed by atoms with van der Waals surface area (Å²) in [6.07, 6.45) is 9.65. The van der Waals surface area contributed by atoms with Gasteiger partial charge >= 0.3 is 5.97 Å². The molecule has 0 unspecified atom stereocenters. The van der Waals surface area contributed by atoms with E-state index in [4.69, 9.17) is 10.00 Å². The zero-order valence-electron chi connectivity index (χ0n) is 17.4. The number of benzene rings is 2. The van der Waals surface area contributed by atoms with Crippen LogP contribution in [-0.2, 0) is 22.6 Å². The zero-order valence-corrected chi connectivity index (χ0v) is 17.4. The molecule has 3 rings (SSSR count). The number of nitrogens with zero attached hydrogens (tertiary/aromatic N) is 1. The summed E-state index contributed by atoms with van der Waals surface area (Å²) >= 11 is 0. The Morgan fingerprint density at radius 2 is 1.66 bits per heavy atom. The Morgan fingerprint density at radius 1 is 1.00 bits per heavy atom. The van der Waals surface area contributed by atoms with Crippen LogP contribution in [0.25, 0.3) is 0 Å². The van der Waals surface area contributed by atoms with Crippen molar-refractivity contribution in [2.75, 3.05) is 0 Å². The molecule has 0 saturated heterocycles. The van der Waals surface area contributed by atoms with Crippen molar-refractivity contribution < 1.29 is 9.53 Å². The molecule has 0 N–H and O–H groups in total. The van der Waals surface area contributed by atoms with E-state index in [0.29, 0.717) is 17.9 Å². The molecule has 0 aromatic heterocycles. The highest BCUT2D eigenvalue weighted by molar-refractivity contribution is 5.72. The van der Waals surface area contributed by atoms with Gasteiger partial charge in [0.15, 0.2) is 0 Å².